The smallest absolute Gasteiger partial charge is 0.306 e. The molecule has 1 heterocycles. The molecular formula is C12H20N2O3. The molecule has 0 aromatic carbocycles. The van der Waals surface area contributed by atoms with Gasteiger partial charge >= 0.3 is 5.97 Å². The van der Waals surface area contributed by atoms with Crippen LogP contribution >= 0.6 is 0 Å². The Balaban J connectivity index is 2.26. The minimum absolute atomic E-state index is 0.0371. The number of carboxylic acid groups (broad SMARTS) is 1. The average molecular weight is 240 g/mol. The zero-order valence-corrected chi connectivity index (χ0v) is 10.2. The number of nitrogens with zero attached hydrogens (tertiary/aromatic N) is 1. The van der Waals surface area contributed by atoms with E-state index in [1.807, 2.05) is 6.92 Å². The molecule has 0 aliphatic carbocycles. The van der Waals surface area contributed by atoms with Gasteiger partial charge in [0.05, 0.1) is 12.5 Å². The third-order valence-corrected chi connectivity index (χ3v) is 2.90. The minimum atomic E-state index is -0.752. The van der Waals surface area contributed by atoms with Crippen LogP contribution in [0.4, 0.5) is 0 Å². The Morgan fingerprint density at radius 3 is 2.41 bits per heavy atom. The lowest BCUT2D eigenvalue weighted by Crippen LogP contribution is -2.44. The number of aliphatic carboxylic acids is 1. The van der Waals surface area contributed by atoms with Crippen molar-refractivity contribution >= 4 is 11.9 Å². The van der Waals surface area contributed by atoms with Crippen molar-refractivity contribution in [2.75, 3.05) is 26.2 Å². The molecule has 0 aromatic rings. The number of piperidine rings is 1. The normalized spacial score (nSPS) is 16.9. The molecule has 0 aromatic heterocycles. The fourth-order valence-electron chi connectivity index (χ4n) is 1.87. The Bertz CT molecular complexity index is 307. The van der Waals surface area contributed by atoms with Gasteiger partial charge in [-0.15, -0.1) is 0 Å². The fraction of sp³-hybridized carbons (Fsp3) is 0.667. The van der Waals surface area contributed by atoms with E-state index in [0.717, 1.165) is 5.57 Å². The number of hydrogen-bond acceptors (Lipinski definition) is 3. The van der Waals surface area contributed by atoms with Crippen LogP contribution in [-0.4, -0.2) is 48.1 Å². The molecule has 0 unspecified atom stereocenters. The quantitative estimate of drug-likeness (QED) is 0.686. The first-order valence-corrected chi connectivity index (χ1v) is 5.86. The molecule has 0 bridgehead atoms. The molecule has 0 spiro atoms. The van der Waals surface area contributed by atoms with Crippen LogP contribution in [0, 0.1) is 5.92 Å². The van der Waals surface area contributed by atoms with Gasteiger partial charge in [0.15, 0.2) is 0 Å². The second-order valence-electron chi connectivity index (χ2n) is 4.55. The number of carbonyl (C=O) groups is 2. The summed E-state index contributed by atoms with van der Waals surface area (Å²) in [4.78, 5) is 24.2. The lowest BCUT2D eigenvalue weighted by Gasteiger charge is -2.30. The summed E-state index contributed by atoms with van der Waals surface area (Å²) in [5.41, 5.74) is 0.988. The molecule has 1 aliphatic rings. The number of amides is 1. The molecule has 2 N–H and O–H groups in total. The van der Waals surface area contributed by atoms with Gasteiger partial charge < -0.3 is 15.3 Å². The van der Waals surface area contributed by atoms with Crippen molar-refractivity contribution in [1.82, 2.24) is 10.2 Å². The first-order chi connectivity index (χ1) is 8.00. The minimum Gasteiger partial charge on any atom is -0.481 e. The van der Waals surface area contributed by atoms with Gasteiger partial charge in [-0.3, -0.25) is 9.59 Å². The topological polar surface area (TPSA) is 69.6 Å². The van der Waals surface area contributed by atoms with Crippen molar-refractivity contribution in [3.05, 3.63) is 12.2 Å². The molecule has 1 amide bonds. The van der Waals surface area contributed by atoms with E-state index in [1.165, 1.54) is 0 Å². The largest absolute Gasteiger partial charge is 0.481 e. The number of hydrogen-bond donors (Lipinski definition) is 2. The van der Waals surface area contributed by atoms with Gasteiger partial charge in [-0.2, -0.15) is 0 Å². The molecule has 0 radical (unpaired) electrons. The molecule has 0 atom stereocenters. The number of likely N-dealkylation sites (tertiary alicyclic amines) is 1. The number of carbonyl (C=O) groups excluding carboxylic acids is 1. The highest BCUT2D eigenvalue weighted by Crippen LogP contribution is 2.16. The highest BCUT2D eigenvalue weighted by Gasteiger charge is 2.26. The van der Waals surface area contributed by atoms with Crippen LogP contribution in [0.5, 0.6) is 0 Å². The first kappa shape index (κ1) is 13.7. The molecular weight excluding hydrogens is 220 g/mol. The highest BCUT2D eigenvalue weighted by molar-refractivity contribution is 5.79. The SMILES string of the molecule is C=C(C)CNCC(=O)N1CCC(C(=O)O)CC1. The van der Waals surface area contributed by atoms with Gasteiger partial charge in [0, 0.05) is 19.6 Å². The molecule has 96 valence electrons. The second-order valence-corrected chi connectivity index (χ2v) is 4.55. The van der Waals surface area contributed by atoms with Crippen molar-refractivity contribution in [1.29, 1.82) is 0 Å². The van der Waals surface area contributed by atoms with Crippen LogP contribution in [0.2, 0.25) is 0 Å². The Kier molecular flexibility index (Phi) is 5.15. The van der Waals surface area contributed by atoms with E-state index in [-0.39, 0.29) is 11.8 Å². The zero-order valence-electron chi connectivity index (χ0n) is 10.2. The van der Waals surface area contributed by atoms with Crippen molar-refractivity contribution in [3.63, 3.8) is 0 Å². The van der Waals surface area contributed by atoms with Crippen LogP contribution < -0.4 is 5.32 Å². The van der Waals surface area contributed by atoms with E-state index in [1.54, 1.807) is 4.90 Å². The predicted octanol–water partition coefficient (Wildman–Crippen LogP) is 0.475. The summed E-state index contributed by atoms with van der Waals surface area (Å²) in [7, 11) is 0. The summed E-state index contributed by atoms with van der Waals surface area (Å²) in [5.74, 6) is -1.00. The lowest BCUT2D eigenvalue weighted by molar-refractivity contribution is -0.145. The molecule has 1 saturated heterocycles. The highest BCUT2D eigenvalue weighted by atomic mass is 16.4. The third-order valence-electron chi connectivity index (χ3n) is 2.90. The molecule has 1 rings (SSSR count). The fourth-order valence-corrected chi connectivity index (χ4v) is 1.87. The molecule has 0 saturated carbocycles. The van der Waals surface area contributed by atoms with Crippen molar-refractivity contribution in [3.8, 4) is 0 Å². The summed E-state index contributed by atoms with van der Waals surface area (Å²) < 4.78 is 0. The maximum absolute atomic E-state index is 11.7. The summed E-state index contributed by atoms with van der Waals surface area (Å²) in [6.45, 7) is 7.66. The maximum Gasteiger partial charge on any atom is 0.306 e. The van der Waals surface area contributed by atoms with Gasteiger partial charge in [0.2, 0.25) is 5.91 Å². The third kappa shape index (κ3) is 4.56. The Morgan fingerprint density at radius 1 is 1.35 bits per heavy atom. The molecule has 17 heavy (non-hydrogen) atoms. The number of nitrogens with one attached hydrogen (secondary N) is 1. The zero-order chi connectivity index (χ0) is 12.8. The van der Waals surface area contributed by atoms with E-state index >= 15 is 0 Å². The molecule has 5 heteroatoms. The summed E-state index contributed by atoms with van der Waals surface area (Å²) in [6.07, 6.45) is 1.11. The van der Waals surface area contributed by atoms with Gasteiger partial charge in [-0.05, 0) is 19.8 Å². The van der Waals surface area contributed by atoms with Gasteiger partial charge in [0.1, 0.15) is 0 Å². The van der Waals surface area contributed by atoms with Crippen LogP contribution in [0.15, 0.2) is 12.2 Å². The summed E-state index contributed by atoms with van der Waals surface area (Å²) in [6, 6.07) is 0. The van der Waals surface area contributed by atoms with Crippen molar-refractivity contribution in [2.24, 2.45) is 5.92 Å². The van der Waals surface area contributed by atoms with Crippen LogP contribution in [0.25, 0.3) is 0 Å². The maximum atomic E-state index is 11.7. The Morgan fingerprint density at radius 2 is 1.94 bits per heavy atom. The number of rotatable bonds is 5. The van der Waals surface area contributed by atoms with Crippen LogP contribution in [-0.2, 0) is 9.59 Å². The Hall–Kier alpha value is -1.36. The van der Waals surface area contributed by atoms with Crippen LogP contribution in [0.3, 0.4) is 0 Å². The summed E-state index contributed by atoms with van der Waals surface area (Å²) in [5, 5.41) is 11.8. The van der Waals surface area contributed by atoms with E-state index in [2.05, 4.69) is 11.9 Å². The van der Waals surface area contributed by atoms with Crippen LogP contribution in [0.1, 0.15) is 19.8 Å². The average Bonchev–Trinajstić information content (AvgIpc) is 2.28. The van der Waals surface area contributed by atoms with Gasteiger partial charge in [-0.25, -0.2) is 0 Å². The van der Waals surface area contributed by atoms with E-state index in [0.29, 0.717) is 39.0 Å². The lowest BCUT2D eigenvalue weighted by atomic mass is 9.97. The Labute approximate surface area is 101 Å². The molecule has 1 aliphatic heterocycles. The first-order valence-electron chi connectivity index (χ1n) is 5.86. The van der Waals surface area contributed by atoms with Gasteiger partial charge in [-0.1, -0.05) is 12.2 Å². The number of carboxylic acids is 1. The second kappa shape index (κ2) is 6.39. The van der Waals surface area contributed by atoms with E-state index in [4.69, 9.17) is 5.11 Å². The molecule has 1 fully saturated rings. The monoisotopic (exact) mass is 240 g/mol. The predicted molar refractivity (Wildman–Crippen MR) is 64.6 cm³/mol. The van der Waals surface area contributed by atoms with Gasteiger partial charge in [0.25, 0.3) is 0 Å². The van der Waals surface area contributed by atoms with E-state index in [9.17, 15) is 9.59 Å². The molecule has 5 nitrogen and oxygen atoms in total. The standard InChI is InChI=1S/C12H20N2O3/c1-9(2)7-13-8-11(15)14-5-3-10(4-6-14)12(16)17/h10,13H,1,3-8H2,2H3,(H,16,17). The van der Waals surface area contributed by atoms with E-state index < -0.39 is 5.97 Å². The van der Waals surface area contributed by atoms with Crippen molar-refractivity contribution < 1.29 is 14.7 Å². The van der Waals surface area contributed by atoms with Crippen molar-refractivity contribution in [2.45, 2.75) is 19.8 Å². The summed E-state index contributed by atoms with van der Waals surface area (Å²) >= 11 is 0.